The van der Waals surface area contributed by atoms with E-state index in [1.165, 1.54) is 6.08 Å². The molecule has 0 saturated heterocycles. The van der Waals surface area contributed by atoms with Crippen LogP contribution in [-0.4, -0.2) is 38.6 Å². The van der Waals surface area contributed by atoms with Gasteiger partial charge in [-0.15, -0.1) is 0 Å². The normalized spacial score (nSPS) is 12.4. The van der Waals surface area contributed by atoms with Gasteiger partial charge in [0.15, 0.2) is 0 Å². The second-order valence-corrected chi connectivity index (χ2v) is 6.87. The Balaban J connectivity index is 2.12. The van der Waals surface area contributed by atoms with E-state index in [-0.39, 0.29) is 11.9 Å². The van der Waals surface area contributed by atoms with E-state index in [0.717, 1.165) is 27.9 Å². The number of carbonyl (C=O) groups excluding carboxylic acids is 1. The number of hydrogen-bond donors (Lipinski definition) is 1. The first-order valence-corrected chi connectivity index (χ1v) is 8.80. The summed E-state index contributed by atoms with van der Waals surface area (Å²) in [5.74, 6) is 0.581. The van der Waals surface area contributed by atoms with E-state index < -0.39 is 0 Å². The number of hydrogen-bond acceptors (Lipinski definition) is 3. The number of benzene rings is 2. The van der Waals surface area contributed by atoms with Crippen molar-refractivity contribution in [3.05, 3.63) is 70.2 Å². The molecule has 0 heterocycles. The molecular formula is C20H23BrN2O2. The Morgan fingerprint density at radius 2 is 1.96 bits per heavy atom. The standard InChI is InChI=1S/C20H23BrN2O2/c1-23(2)14-18(15-7-5-4-6-8-15)22-20(24)12-9-16-13-17(21)10-11-19(16)25-3/h4-13,18H,14H2,1-3H3,(H,22,24)/b12-9+/t18-/m1/s1. The van der Waals surface area contributed by atoms with Gasteiger partial charge in [-0.1, -0.05) is 46.3 Å². The fourth-order valence-corrected chi connectivity index (χ4v) is 2.88. The van der Waals surface area contributed by atoms with Crippen molar-refractivity contribution in [3.8, 4) is 5.75 Å². The molecule has 0 bridgehead atoms. The van der Waals surface area contributed by atoms with Crippen molar-refractivity contribution in [3.63, 3.8) is 0 Å². The van der Waals surface area contributed by atoms with Gasteiger partial charge in [0, 0.05) is 22.7 Å². The highest BCUT2D eigenvalue weighted by atomic mass is 79.9. The molecule has 0 aliphatic carbocycles. The number of amides is 1. The van der Waals surface area contributed by atoms with Crippen LogP contribution in [0.2, 0.25) is 0 Å². The van der Waals surface area contributed by atoms with E-state index in [9.17, 15) is 4.79 Å². The van der Waals surface area contributed by atoms with Gasteiger partial charge in [0.05, 0.1) is 13.2 Å². The lowest BCUT2D eigenvalue weighted by Gasteiger charge is -2.22. The van der Waals surface area contributed by atoms with Crippen LogP contribution in [0.5, 0.6) is 5.75 Å². The predicted octanol–water partition coefficient (Wildman–Crippen LogP) is 3.89. The van der Waals surface area contributed by atoms with Crippen molar-refractivity contribution >= 4 is 27.9 Å². The summed E-state index contributed by atoms with van der Waals surface area (Å²) in [7, 11) is 5.59. The van der Waals surface area contributed by atoms with Crippen molar-refractivity contribution < 1.29 is 9.53 Å². The van der Waals surface area contributed by atoms with Gasteiger partial charge >= 0.3 is 0 Å². The molecule has 1 atom stereocenters. The first-order chi connectivity index (χ1) is 12.0. The molecule has 0 fully saturated rings. The van der Waals surface area contributed by atoms with Crippen LogP contribution in [0.15, 0.2) is 59.1 Å². The number of carbonyl (C=O) groups is 1. The molecule has 0 spiro atoms. The van der Waals surface area contributed by atoms with Gasteiger partial charge in [-0.2, -0.15) is 0 Å². The number of methoxy groups -OCH3 is 1. The molecule has 25 heavy (non-hydrogen) atoms. The van der Waals surface area contributed by atoms with Gasteiger partial charge in [-0.3, -0.25) is 4.79 Å². The highest BCUT2D eigenvalue weighted by Crippen LogP contribution is 2.24. The van der Waals surface area contributed by atoms with E-state index in [0.29, 0.717) is 0 Å². The highest BCUT2D eigenvalue weighted by Gasteiger charge is 2.14. The van der Waals surface area contributed by atoms with Crippen LogP contribution in [0.1, 0.15) is 17.2 Å². The molecule has 4 nitrogen and oxygen atoms in total. The summed E-state index contributed by atoms with van der Waals surface area (Å²) in [4.78, 5) is 14.5. The number of likely N-dealkylation sites (N-methyl/N-ethyl adjacent to an activating group) is 1. The monoisotopic (exact) mass is 402 g/mol. The van der Waals surface area contributed by atoms with Crippen molar-refractivity contribution in [2.45, 2.75) is 6.04 Å². The van der Waals surface area contributed by atoms with Crippen LogP contribution in [-0.2, 0) is 4.79 Å². The lowest BCUT2D eigenvalue weighted by Crippen LogP contribution is -2.34. The average molecular weight is 403 g/mol. The number of rotatable bonds is 7. The second-order valence-electron chi connectivity index (χ2n) is 5.95. The summed E-state index contributed by atoms with van der Waals surface area (Å²) in [5, 5.41) is 3.07. The van der Waals surface area contributed by atoms with Crippen LogP contribution >= 0.6 is 15.9 Å². The maximum absolute atomic E-state index is 12.4. The van der Waals surface area contributed by atoms with Crippen LogP contribution in [0, 0.1) is 0 Å². The van der Waals surface area contributed by atoms with E-state index in [1.54, 1.807) is 13.2 Å². The molecule has 0 aliphatic rings. The van der Waals surface area contributed by atoms with Crippen molar-refractivity contribution in [2.24, 2.45) is 0 Å². The number of ether oxygens (including phenoxy) is 1. The minimum atomic E-state index is -0.141. The van der Waals surface area contributed by atoms with Crippen molar-refractivity contribution in [2.75, 3.05) is 27.7 Å². The Morgan fingerprint density at radius 3 is 2.60 bits per heavy atom. The molecule has 0 aliphatic heterocycles. The summed E-state index contributed by atoms with van der Waals surface area (Å²) in [6.07, 6.45) is 3.30. The smallest absolute Gasteiger partial charge is 0.244 e. The van der Waals surface area contributed by atoms with Gasteiger partial charge in [0.2, 0.25) is 5.91 Å². The molecule has 2 rings (SSSR count). The Morgan fingerprint density at radius 1 is 1.24 bits per heavy atom. The predicted molar refractivity (Wildman–Crippen MR) is 106 cm³/mol. The molecule has 2 aromatic carbocycles. The largest absolute Gasteiger partial charge is 0.496 e. The SMILES string of the molecule is COc1ccc(Br)cc1/C=C/C(=O)N[C@H](CN(C)C)c1ccccc1. The van der Waals surface area contributed by atoms with E-state index >= 15 is 0 Å². The van der Waals surface area contributed by atoms with Crippen molar-refractivity contribution in [1.29, 1.82) is 0 Å². The van der Waals surface area contributed by atoms with Crippen LogP contribution in [0.25, 0.3) is 6.08 Å². The van der Waals surface area contributed by atoms with E-state index in [4.69, 9.17) is 4.74 Å². The highest BCUT2D eigenvalue weighted by molar-refractivity contribution is 9.10. The Labute approximate surface area is 157 Å². The molecule has 0 saturated carbocycles. The third-order valence-electron chi connectivity index (χ3n) is 3.67. The zero-order valence-corrected chi connectivity index (χ0v) is 16.3. The molecule has 0 aromatic heterocycles. The summed E-state index contributed by atoms with van der Waals surface area (Å²) >= 11 is 3.44. The van der Waals surface area contributed by atoms with Gasteiger partial charge in [-0.05, 0) is 43.9 Å². The van der Waals surface area contributed by atoms with Gasteiger partial charge < -0.3 is 15.0 Å². The lowest BCUT2D eigenvalue weighted by atomic mass is 10.1. The molecule has 2 aromatic rings. The molecule has 0 radical (unpaired) electrons. The molecular weight excluding hydrogens is 380 g/mol. The summed E-state index contributed by atoms with van der Waals surface area (Å²) in [6, 6.07) is 15.6. The molecule has 1 N–H and O–H groups in total. The molecule has 0 unspecified atom stereocenters. The average Bonchev–Trinajstić information content (AvgIpc) is 2.60. The van der Waals surface area contributed by atoms with E-state index in [1.807, 2.05) is 62.6 Å². The fraction of sp³-hybridized carbons (Fsp3) is 0.250. The summed E-state index contributed by atoms with van der Waals surface area (Å²) in [5.41, 5.74) is 1.92. The maximum atomic E-state index is 12.4. The topological polar surface area (TPSA) is 41.6 Å². The Kier molecular flexibility index (Phi) is 7.22. The van der Waals surface area contributed by atoms with Crippen molar-refractivity contribution in [1.82, 2.24) is 10.2 Å². The zero-order valence-electron chi connectivity index (χ0n) is 14.7. The Bertz CT molecular complexity index is 730. The number of halogens is 1. The third-order valence-corrected chi connectivity index (χ3v) is 4.17. The summed E-state index contributed by atoms with van der Waals surface area (Å²) < 4.78 is 6.26. The Hall–Kier alpha value is -2.11. The molecule has 1 amide bonds. The van der Waals surface area contributed by atoms with Gasteiger partial charge in [0.25, 0.3) is 0 Å². The lowest BCUT2D eigenvalue weighted by molar-refractivity contribution is -0.117. The van der Waals surface area contributed by atoms with E-state index in [2.05, 4.69) is 26.1 Å². The number of nitrogens with one attached hydrogen (secondary N) is 1. The number of nitrogens with zero attached hydrogens (tertiary/aromatic N) is 1. The minimum Gasteiger partial charge on any atom is -0.496 e. The minimum absolute atomic E-state index is 0.0715. The third kappa shape index (κ3) is 6.03. The van der Waals surface area contributed by atoms with Crippen LogP contribution in [0.4, 0.5) is 0 Å². The first kappa shape index (κ1) is 19.2. The first-order valence-electron chi connectivity index (χ1n) is 8.01. The molecule has 132 valence electrons. The van der Waals surface area contributed by atoms with Crippen LogP contribution < -0.4 is 10.1 Å². The zero-order chi connectivity index (χ0) is 18.2. The second kappa shape index (κ2) is 9.39. The fourth-order valence-electron chi connectivity index (χ4n) is 2.51. The summed E-state index contributed by atoms with van der Waals surface area (Å²) in [6.45, 7) is 0.726. The van der Waals surface area contributed by atoms with Gasteiger partial charge in [-0.25, -0.2) is 0 Å². The molecule has 5 heteroatoms. The maximum Gasteiger partial charge on any atom is 0.244 e. The quantitative estimate of drug-likeness (QED) is 0.714. The van der Waals surface area contributed by atoms with Gasteiger partial charge in [0.1, 0.15) is 5.75 Å². The van der Waals surface area contributed by atoms with Crippen LogP contribution in [0.3, 0.4) is 0 Å².